The van der Waals surface area contributed by atoms with Crippen LogP contribution in [0.3, 0.4) is 0 Å². The quantitative estimate of drug-likeness (QED) is 0.638. The lowest BCUT2D eigenvalue weighted by Crippen LogP contribution is -2.35. The van der Waals surface area contributed by atoms with Gasteiger partial charge in [0.1, 0.15) is 5.75 Å². The van der Waals surface area contributed by atoms with E-state index < -0.39 is 23.7 Å². The van der Waals surface area contributed by atoms with Gasteiger partial charge in [0.25, 0.3) is 5.91 Å². The third-order valence-corrected chi connectivity index (χ3v) is 4.15. The molecule has 10 heteroatoms. The van der Waals surface area contributed by atoms with Crippen LogP contribution in [-0.4, -0.2) is 38.4 Å². The number of hydrogen-bond donors (Lipinski definition) is 2. The highest BCUT2D eigenvalue weighted by Crippen LogP contribution is 2.34. The zero-order valence-electron chi connectivity index (χ0n) is 16.1. The molecular weight excluding hydrogens is 401 g/mol. The van der Waals surface area contributed by atoms with Gasteiger partial charge in [-0.2, -0.15) is 18.3 Å². The Balaban J connectivity index is 1.94. The first-order chi connectivity index (χ1) is 14.2. The number of halogens is 3. The number of nitrogens with one attached hydrogen (secondary N) is 1. The summed E-state index contributed by atoms with van der Waals surface area (Å²) in [6.45, 7) is 1.43. The second-order valence-electron chi connectivity index (χ2n) is 6.63. The fourth-order valence-electron chi connectivity index (χ4n) is 2.58. The lowest BCUT2D eigenvalue weighted by molar-refractivity contribution is -0.137. The maximum Gasteiger partial charge on any atom is 0.416 e. The Morgan fingerprint density at radius 3 is 2.53 bits per heavy atom. The van der Waals surface area contributed by atoms with E-state index in [4.69, 9.17) is 9.84 Å². The molecule has 0 spiro atoms. The molecule has 0 saturated heterocycles. The molecule has 2 heterocycles. The average molecular weight is 420 g/mol. The molecular formula is C20H19F3N4O3. The molecule has 0 radical (unpaired) electrons. The zero-order valence-corrected chi connectivity index (χ0v) is 16.1. The predicted octanol–water partition coefficient (Wildman–Crippen LogP) is 3.40. The summed E-state index contributed by atoms with van der Waals surface area (Å²) in [5.74, 6) is -0.207. The number of hydrogen-bond acceptors (Lipinski definition) is 5. The smallest absolute Gasteiger partial charge is 0.416 e. The highest BCUT2D eigenvalue weighted by Gasteiger charge is 2.30. The van der Waals surface area contributed by atoms with Gasteiger partial charge in [0.05, 0.1) is 29.0 Å². The van der Waals surface area contributed by atoms with Crippen molar-refractivity contribution >= 4 is 5.91 Å². The van der Waals surface area contributed by atoms with Gasteiger partial charge >= 0.3 is 6.18 Å². The van der Waals surface area contributed by atoms with Gasteiger partial charge in [-0.3, -0.25) is 9.48 Å². The van der Waals surface area contributed by atoms with Crippen LogP contribution in [0.1, 0.15) is 22.8 Å². The van der Waals surface area contributed by atoms with Crippen LogP contribution in [0.15, 0.2) is 48.8 Å². The molecule has 0 aliphatic rings. The standard InChI is InChI=1S/C20H19F3N4O3/c1-12(11-28)25-18(29)13-9-16(17-7-8-27(2)26-17)19(24-10-13)30-15-5-3-14(4-6-15)20(21,22)23/h3-10,12,28H,11H2,1-2H3,(H,25,29)/t12-/m1/s1. The number of aromatic nitrogens is 3. The number of benzene rings is 1. The second kappa shape index (κ2) is 8.54. The number of aliphatic hydroxyl groups is 1. The van der Waals surface area contributed by atoms with E-state index in [1.165, 1.54) is 24.4 Å². The number of rotatable bonds is 6. The van der Waals surface area contributed by atoms with Crippen LogP contribution in [0.5, 0.6) is 11.6 Å². The molecule has 0 aliphatic heterocycles. The first kappa shape index (κ1) is 21.3. The fourth-order valence-corrected chi connectivity index (χ4v) is 2.58. The number of carbonyl (C=O) groups is 1. The van der Waals surface area contributed by atoms with Crippen molar-refractivity contribution in [3.63, 3.8) is 0 Å². The largest absolute Gasteiger partial charge is 0.438 e. The summed E-state index contributed by atoms with van der Waals surface area (Å²) in [6.07, 6.45) is -1.47. The van der Waals surface area contributed by atoms with Gasteiger partial charge in [-0.15, -0.1) is 0 Å². The molecule has 0 bridgehead atoms. The molecule has 0 unspecified atom stereocenters. The lowest BCUT2D eigenvalue weighted by Gasteiger charge is -2.13. The number of pyridine rings is 1. The molecule has 2 N–H and O–H groups in total. The van der Waals surface area contributed by atoms with Crippen LogP contribution in [0.2, 0.25) is 0 Å². The number of ether oxygens (including phenoxy) is 1. The monoisotopic (exact) mass is 420 g/mol. The maximum atomic E-state index is 12.8. The highest BCUT2D eigenvalue weighted by atomic mass is 19.4. The van der Waals surface area contributed by atoms with Crippen molar-refractivity contribution in [1.82, 2.24) is 20.1 Å². The Morgan fingerprint density at radius 2 is 1.97 bits per heavy atom. The SMILES string of the molecule is C[C@H](CO)NC(=O)c1cnc(Oc2ccc(C(F)(F)F)cc2)c(-c2ccn(C)n2)c1. The zero-order chi connectivity index (χ0) is 21.9. The Kier molecular flexibility index (Phi) is 6.06. The van der Waals surface area contributed by atoms with E-state index in [2.05, 4.69) is 15.4 Å². The number of nitrogens with zero attached hydrogens (tertiary/aromatic N) is 3. The second-order valence-corrected chi connectivity index (χ2v) is 6.63. The first-order valence-corrected chi connectivity index (χ1v) is 8.94. The summed E-state index contributed by atoms with van der Waals surface area (Å²) in [6, 6.07) is 6.97. The van der Waals surface area contributed by atoms with E-state index in [0.29, 0.717) is 11.3 Å². The molecule has 0 saturated carbocycles. The summed E-state index contributed by atoms with van der Waals surface area (Å²) >= 11 is 0. The molecule has 2 aromatic heterocycles. The minimum absolute atomic E-state index is 0.0835. The fraction of sp³-hybridized carbons (Fsp3) is 0.250. The maximum absolute atomic E-state index is 12.8. The molecule has 1 amide bonds. The van der Waals surface area contributed by atoms with Crippen LogP contribution in [0, 0.1) is 0 Å². The topological polar surface area (TPSA) is 89.3 Å². The van der Waals surface area contributed by atoms with Crippen molar-refractivity contribution in [3.8, 4) is 22.9 Å². The molecule has 7 nitrogen and oxygen atoms in total. The van der Waals surface area contributed by atoms with Gasteiger partial charge in [-0.05, 0) is 43.3 Å². The summed E-state index contributed by atoms with van der Waals surface area (Å²) in [5.41, 5.74) is 0.282. The van der Waals surface area contributed by atoms with E-state index >= 15 is 0 Å². The van der Waals surface area contributed by atoms with E-state index in [1.54, 1.807) is 30.9 Å². The number of carbonyl (C=O) groups excluding carboxylic acids is 1. The Morgan fingerprint density at radius 1 is 1.27 bits per heavy atom. The normalized spacial score (nSPS) is 12.5. The molecule has 3 rings (SSSR count). The van der Waals surface area contributed by atoms with Crippen LogP contribution in [0.4, 0.5) is 13.2 Å². The van der Waals surface area contributed by atoms with Crippen molar-refractivity contribution < 1.29 is 27.8 Å². The average Bonchev–Trinajstić information content (AvgIpc) is 3.14. The third-order valence-electron chi connectivity index (χ3n) is 4.15. The number of alkyl halides is 3. The minimum Gasteiger partial charge on any atom is -0.438 e. The Bertz CT molecular complexity index is 1030. The van der Waals surface area contributed by atoms with Crippen molar-refractivity contribution in [1.29, 1.82) is 0 Å². The van der Waals surface area contributed by atoms with Crippen LogP contribution in [0.25, 0.3) is 11.3 Å². The summed E-state index contributed by atoms with van der Waals surface area (Å²) in [7, 11) is 1.72. The molecule has 3 aromatic rings. The summed E-state index contributed by atoms with van der Waals surface area (Å²) in [5, 5.41) is 16.0. The first-order valence-electron chi connectivity index (χ1n) is 8.94. The minimum atomic E-state index is -4.45. The molecule has 1 atom stereocenters. The van der Waals surface area contributed by atoms with Crippen molar-refractivity contribution in [2.45, 2.75) is 19.1 Å². The van der Waals surface area contributed by atoms with Crippen LogP contribution in [-0.2, 0) is 13.2 Å². The van der Waals surface area contributed by atoms with Crippen molar-refractivity contribution in [3.05, 3.63) is 59.9 Å². The lowest BCUT2D eigenvalue weighted by atomic mass is 10.1. The highest BCUT2D eigenvalue weighted by molar-refractivity contribution is 5.95. The molecule has 1 aromatic carbocycles. The van der Waals surface area contributed by atoms with Gasteiger partial charge in [-0.25, -0.2) is 4.98 Å². The Labute approximate surface area is 170 Å². The number of amides is 1. The van der Waals surface area contributed by atoms with Gasteiger partial charge in [0, 0.05) is 25.5 Å². The van der Waals surface area contributed by atoms with E-state index in [-0.39, 0.29) is 23.8 Å². The number of aliphatic hydroxyl groups excluding tert-OH is 1. The van der Waals surface area contributed by atoms with E-state index in [9.17, 15) is 18.0 Å². The number of aryl methyl sites for hydroxylation is 1. The van der Waals surface area contributed by atoms with Crippen molar-refractivity contribution in [2.24, 2.45) is 7.05 Å². The molecule has 30 heavy (non-hydrogen) atoms. The molecule has 158 valence electrons. The van der Waals surface area contributed by atoms with Gasteiger partial charge in [0.15, 0.2) is 0 Å². The van der Waals surface area contributed by atoms with E-state index in [0.717, 1.165) is 12.1 Å². The third kappa shape index (κ3) is 4.95. The Hall–Kier alpha value is -3.40. The molecule has 0 aliphatic carbocycles. The summed E-state index contributed by atoms with van der Waals surface area (Å²) < 4.78 is 45.5. The van der Waals surface area contributed by atoms with Gasteiger partial charge in [0.2, 0.25) is 5.88 Å². The van der Waals surface area contributed by atoms with Crippen LogP contribution >= 0.6 is 0 Å². The van der Waals surface area contributed by atoms with Crippen LogP contribution < -0.4 is 10.1 Å². The van der Waals surface area contributed by atoms with Gasteiger partial charge in [-0.1, -0.05) is 0 Å². The van der Waals surface area contributed by atoms with Gasteiger partial charge < -0.3 is 15.2 Å². The molecule has 0 fully saturated rings. The van der Waals surface area contributed by atoms with E-state index in [1.807, 2.05) is 0 Å². The van der Waals surface area contributed by atoms with Crippen molar-refractivity contribution in [2.75, 3.05) is 6.61 Å². The summed E-state index contributed by atoms with van der Waals surface area (Å²) in [4.78, 5) is 16.5. The predicted molar refractivity (Wildman–Crippen MR) is 102 cm³/mol.